The second kappa shape index (κ2) is 5.45. The molecule has 6 nitrogen and oxygen atoms in total. The van der Waals surface area contributed by atoms with Crippen LogP contribution in [0.5, 0.6) is 0 Å². The van der Waals surface area contributed by atoms with Crippen LogP contribution in [0.3, 0.4) is 0 Å². The number of nitrogens with two attached hydrogens (primary N) is 1. The number of anilines is 1. The van der Waals surface area contributed by atoms with E-state index in [4.69, 9.17) is 18.0 Å². The van der Waals surface area contributed by atoms with Gasteiger partial charge in [0.05, 0.1) is 10.6 Å². The minimum atomic E-state index is -3.68. The lowest BCUT2D eigenvalue weighted by molar-refractivity contribution is 0.600. The molecule has 21 heavy (non-hydrogen) atoms. The number of sulfonamides is 1. The Balaban J connectivity index is 2.38. The van der Waals surface area contributed by atoms with Gasteiger partial charge in [-0.2, -0.15) is 5.10 Å². The first-order valence-electron chi connectivity index (χ1n) is 6.14. The maximum Gasteiger partial charge on any atom is 0.263 e. The molecule has 3 N–H and O–H groups in total. The molecule has 0 spiro atoms. The minimum absolute atomic E-state index is 0.152. The van der Waals surface area contributed by atoms with E-state index in [2.05, 4.69) is 9.82 Å². The van der Waals surface area contributed by atoms with Gasteiger partial charge in [-0.1, -0.05) is 18.3 Å². The lowest BCUT2D eigenvalue weighted by Gasteiger charge is -2.10. The van der Waals surface area contributed by atoms with Gasteiger partial charge in [0.2, 0.25) is 0 Å². The van der Waals surface area contributed by atoms with Gasteiger partial charge in [-0.25, -0.2) is 8.42 Å². The molecule has 0 saturated carbocycles. The summed E-state index contributed by atoms with van der Waals surface area (Å²) in [6, 6.07) is 6.29. The van der Waals surface area contributed by atoms with Crippen molar-refractivity contribution >= 4 is 33.0 Å². The Hall–Kier alpha value is -1.93. The van der Waals surface area contributed by atoms with Gasteiger partial charge in [0.15, 0.2) is 0 Å². The van der Waals surface area contributed by atoms with Crippen LogP contribution in [-0.4, -0.2) is 23.2 Å². The third-order valence-corrected chi connectivity index (χ3v) is 4.59. The van der Waals surface area contributed by atoms with Crippen molar-refractivity contribution in [3.05, 3.63) is 41.1 Å². The smallest absolute Gasteiger partial charge is 0.263 e. The van der Waals surface area contributed by atoms with Crippen LogP contribution in [0.4, 0.5) is 5.82 Å². The monoisotopic (exact) mass is 324 g/mol. The largest absolute Gasteiger partial charge is 0.389 e. The van der Waals surface area contributed by atoms with E-state index in [1.54, 1.807) is 39.1 Å². The molecule has 8 heteroatoms. The van der Waals surface area contributed by atoms with E-state index in [1.165, 1.54) is 10.7 Å². The molecule has 0 fully saturated rings. The van der Waals surface area contributed by atoms with Crippen molar-refractivity contribution in [2.75, 3.05) is 4.72 Å². The van der Waals surface area contributed by atoms with E-state index in [-0.39, 0.29) is 9.88 Å². The van der Waals surface area contributed by atoms with Crippen molar-refractivity contribution in [2.45, 2.75) is 18.7 Å². The minimum Gasteiger partial charge on any atom is -0.389 e. The number of hydrogen-bond acceptors (Lipinski definition) is 4. The summed E-state index contributed by atoms with van der Waals surface area (Å²) in [5.74, 6) is 0.406. The lowest BCUT2D eigenvalue weighted by atomic mass is 10.1. The second-order valence-electron chi connectivity index (χ2n) is 4.74. The van der Waals surface area contributed by atoms with Crippen LogP contribution in [0, 0.1) is 13.8 Å². The Bertz CT molecular complexity index is 810. The predicted octanol–water partition coefficient (Wildman–Crippen LogP) is 1.47. The molecule has 2 aromatic rings. The van der Waals surface area contributed by atoms with Gasteiger partial charge in [0.1, 0.15) is 10.8 Å². The third-order valence-electron chi connectivity index (χ3n) is 3.01. The quantitative estimate of drug-likeness (QED) is 0.831. The van der Waals surface area contributed by atoms with Gasteiger partial charge in [0.25, 0.3) is 10.0 Å². The van der Waals surface area contributed by atoms with Gasteiger partial charge >= 0.3 is 0 Å². The zero-order valence-corrected chi connectivity index (χ0v) is 13.5. The molecule has 1 aromatic carbocycles. The summed E-state index contributed by atoms with van der Waals surface area (Å²) >= 11 is 4.91. The van der Waals surface area contributed by atoms with Crippen LogP contribution >= 0.6 is 12.2 Å². The fraction of sp³-hybridized carbons (Fsp3) is 0.231. The molecule has 112 valence electrons. The first-order valence-corrected chi connectivity index (χ1v) is 8.04. The summed E-state index contributed by atoms with van der Waals surface area (Å²) in [6.45, 7) is 3.56. The van der Waals surface area contributed by atoms with E-state index >= 15 is 0 Å². The number of thiocarbonyl (C=S) groups is 1. The molecule has 0 aliphatic rings. The number of nitrogens with one attached hydrogen (secondary N) is 1. The fourth-order valence-electron chi connectivity index (χ4n) is 1.98. The van der Waals surface area contributed by atoms with Crippen LogP contribution < -0.4 is 10.5 Å². The highest BCUT2D eigenvalue weighted by molar-refractivity contribution is 7.92. The summed E-state index contributed by atoms with van der Waals surface area (Å²) in [7, 11) is -2.01. The number of aromatic nitrogens is 2. The number of nitrogens with zero attached hydrogens (tertiary/aromatic N) is 2. The Morgan fingerprint density at radius 2 is 2.00 bits per heavy atom. The maximum absolute atomic E-state index is 12.4. The van der Waals surface area contributed by atoms with Crippen LogP contribution in [0.15, 0.2) is 29.2 Å². The van der Waals surface area contributed by atoms with Crippen LogP contribution in [0.2, 0.25) is 0 Å². The number of rotatable bonds is 4. The Morgan fingerprint density at radius 1 is 1.33 bits per heavy atom. The highest BCUT2D eigenvalue weighted by Crippen LogP contribution is 2.19. The van der Waals surface area contributed by atoms with Gasteiger partial charge in [0, 0.05) is 18.7 Å². The van der Waals surface area contributed by atoms with Crippen molar-refractivity contribution in [3.8, 4) is 0 Å². The topological polar surface area (TPSA) is 90.0 Å². The first-order chi connectivity index (χ1) is 9.70. The molecule has 2 rings (SSSR count). The van der Waals surface area contributed by atoms with Gasteiger partial charge in [-0.05, 0) is 31.5 Å². The highest BCUT2D eigenvalue weighted by Gasteiger charge is 2.17. The normalized spacial score (nSPS) is 11.4. The average Bonchev–Trinajstić information content (AvgIpc) is 2.66. The second-order valence-corrected chi connectivity index (χ2v) is 6.86. The van der Waals surface area contributed by atoms with Crippen molar-refractivity contribution in [3.63, 3.8) is 0 Å². The van der Waals surface area contributed by atoms with Crippen LogP contribution in [-0.2, 0) is 17.1 Å². The summed E-state index contributed by atoms with van der Waals surface area (Å²) in [5, 5.41) is 4.10. The number of hydrogen-bond donors (Lipinski definition) is 2. The Kier molecular flexibility index (Phi) is 4.02. The van der Waals surface area contributed by atoms with Crippen LogP contribution in [0.25, 0.3) is 0 Å². The molecule has 0 aliphatic heterocycles. The maximum atomic E-state index is 12.4. The summed E-state index contributed by atoms with van der Waals surface area (Å²) in [5.41, 5.74) is 7.69. The molecule has 0 atom stereocenters. The number of aryl methyl sites for hydroxylation is 3. The number of benzene rings is 1. The molecule has 0 aliphatic carbocycles. The standard InChI is InChI=1S/C13H16N4O2S2/c1-8-6-10(4-5-11(8)13(14)20)21(18,19)16-12-7-9(2)15-17(12)3/h4-7,16H,1-3H3,(H2,14,20). The lowest BCUT2D eigenvalue weighted by Crippen LogP contribution is -2.17. The van der Waals surface area contributed by atoms with Gasteiger partial charge in [-0.3, -0.25) is 9.40 Å². The SMILES string of the molecule is Cc1cc(NS(=O)(=O)c2ccc(C(N)=S)c(C)c2)n(C)n1. The van der Waals surface area contributed by atoms with Crippen molar-refractivity contribution in [1.29, 1.82) is 0 Å². The molecule has 0 amide bonds. The molecule has 1 heterocycles. The average molecular weight is 324 g/mol. The van der Waals surface area contributed by atoms with E-state index in [9.17, 15) is 8.42 Å². The van der Waals surface area contributed by atoms with E-state index in [1.807, 2.05) is 0 Å². The van der Waals surface area contributed by atoms with Crippen molar-refractivity contribution < 1.29 is 8.42 Å². The third kappa shape index (κ3) is 3.22. The molecule has 1 aromatic heterocycles. The zero-order chi connectivity index (χ0) is 15.8. The summed E-state index contributed by atoms with van der Waals surface area (Å²) < 4.78 is 28.7. The van der Waals surface area contributed by atoms with Crippen molar-refractivity contribution in [1.82, 2.24) is 9.78 Å². The summed E-state index contributed by atoms with van der Waals surface area (Å²) in [4.78, 5) is 0.394. The zero-order valence-electron chi connectivity index (χ0n) is 11.9. The van der Waals surface area contributed by atoms with E-state index < -0.39 is 10.0 Å². The molecule has 0 bridgehead atoms. The molecular formula is C13H16N4O2S2. The van der Waals surface area contributed by atoms with Gasteiger partial charge in [-0.15, -0.1) is 0 Å². The Morgan fingerprint density at radius 3 is 2.48 bits per heavy atom. The summed E-state index contributed by atoms with van der Waals surface area (Å²) in [6.07, 6.45) is 0. The van der Waals surface area contributed by atoms with Crippen molar-refractivity contribution in [2.24, 2.45) is 12.8 Å². The van der Waals surface area contributed by atoms with Gasteiger partial charge < -0.3 is 5.73 Å². The van der Waals surface area contributed by atoms with E-state index in [0.29, 0.717) is 16.9 Å². The highest BCUT2D eigenvalue weighted by atomic mass is 32.2. The fourth-order valence-corrected chi connectivity index (χ4v) is 3.37. The molecular weight excluding hydrogens is 308 g/mol. The molecule has 0 radical (unpaired) electrons. The molecule has 0 unspecified atom stereocenters. The van der Waals surface area contributed by atoms with Crippen LogP contribution in [0.1, 0.15) is 16.8 Å². The predicted molar refractivity (Wildman–Crippen MR) is 85.8 cm³/mol. The molecule has 0 saturated heterocycles. The first kappa shape index (κ1) is 15.5. The Labute approximate surface area is 129 Å². The van der Waals surface area contributed by atoms with E-state index in [0.717, 1.165) is 5.69 Å².